The molecule has 9 heavy (non-hydrogen) atoms. The van der Waals surface area contributed by atoms with Crippen molar-refractivity contribution in [1.82, 2.24) is 0 Å². The van der Waals surface area contributed by atoms with Crippen LogP contribution in [-0.4, -0.2) is 35.6 Å². The molecular formula is C4H8O3S2. The molecule has 1 heterocycles. The van der Waals surface area contributed by atoms with Crippen LogP contribution in [0.3, 0.4) is 0 Å². The van der Waals surface area contributed by atoms with Crippen LogP contribution < -0.4 is 0 Å². The lowest BCUT2D eigenvalue weighted by atomic mass is 10.9. The third-order valence-corrected chi connectivity index (χ3v) is 4.73. The SMILES string of the molecule is O=S1CCS(=O)(=O)CC1. The van der Waals surface area contributed by atoms with Crippen molar-refractivity contribution in [3.8, 4) is 0 Å². The van der Waals surface area contributed by atoms with Gasteiger partial charge in [-0.15, -0.1) is 0 Å². The zero-order valence-corrected chi connectivity index (χ0v) is 6.50. The molecule has 5 heteroatoms. The maximum atomic E-state index is 10.7. The maximum Gasteiger partial charge on any atom is 0.152 e. The first-order chi connectivity index (χ1) is 4.10. The number of hydrogen-bond acceptors (Lipinski definition) is 3. The van der Waals surface area contributed by atoms with Crippen LogP contribution in [0.1, 0.15) is 0 Å². The van der Waals surface area contributed by atoms with Crippen LogP contribution in [0, 0.1) is 0 Å². The Morgan fingerprint density at radius 3 is 1.89 bits per heavy atom. The molecule has 0 aromatic rings. The van der Waals surface area contributed by atoms with Gasteiger partial charge in [0.2, 0.25) is 0 Å². The third kappa shape index (κ3) is 2.06. The van der Waals surface area contributed by atoms with Crippen molar-refractivity contribution >= 4 is 20.6 Å². The summed E-state index contributed by atoms with van der Waals surface area (Å²) in [6.45, 7) is 0. The Balaban J connectivity index is 2.65. The summed E-state index contributed by atoms with van der Waals surface area (Å²) >= 11 is 0. The van der Waals surface area contributed by atoms with Crippen LogP contribution in [0.4, 0.5) is 0 Å². The van der Waals surface area contributed by atoms with Crippen LogP contribution in [-0.2, 0) is 20.6 Å². The average Bonchev–Trinajstić information content (AvgIpc) is 1.78. The molecule has 0 aliphatic carbocycles. The molecule has 3 nitrogen and oxygen atoms in total. The molecule has 0 spiro atoms. The first-order valence-corrected chi connectivity index (χ1v) is 5.96. The van der Waals surface area contributed by atoms with Gasteiger partial charge < -0.3 is 0 Å². The molecule has 1 saturated heterocycles. The Bertz CT molecular complexity index is 200. The van der Waals surface area contributed by atoms with Gasteiger partial charge in [0.05, 0.1) is 11.5 Å². The van der Waals surface area contributed by atoms with Crippen LogP contribution in [0.5, 0.6) is 0 Å². The van der Waals surface area contributed by atoms with E-state index >= 15 is 0 Å². The summed E-state index contributed by atoms with van der Waals surface area (Å²) in [5.74, 6) is 0.893. The van der Waals surface area contributed by atoms with E-state index in [2.05, 4.69) is 0 Å². The summed E-state index contributed by atoms with van der Waals surface area (Å²) in [5, 5.41) is 0. The largest absolute Gasteiger partial charge is 0.260 e. The molecule has 0 radical (unpaired) electrons. The van der Waals surface area contributed by atoms with E-state index in [0.29, 0.717) is 11.5 Å². The van der Waals surface area contributed by atoms with E-state index in [1.807, 2.05) is 0 Å². The standard InChI is InChI=1S/C4H8O3S2/c5-8-1-3-9(6,7)4-2-8/h1-4H2. The molecule has 0 saturated carbocycles. The van der Waals surface area contributed by atoms with Crippen molar-refractivity contribution in [3.05, 3.63) is 0 Å². The Morgan fingerprint density at radius 2 is 1.56 bits per heavy atom. The maximum absolute atomic E-state index is 10.7. The van der Waals surface area contributed by atoms with E-state index in [0.717, 1.165) is 0 Å². The predicted molar refractivity (Wildman–Crippen MR) is 36.5 cm³/mol. The van der Waals surface area contributed by atoms with E-state index in [1.54, 1.807) is 0 Å². The highest BCUT2D eigenvalue weighted by Crippen LogP contribution is 2.00. The van der Waals surface area contributed by atoms with Gasteiger partial charge in [-0.25, -0.2) is 8.42 Å². The molecule has 1 fully saturated rings. The number of hydrogen-bond donors (Lipinski definition) is 0. The molecule has 0 aromatic heterocycles. The zero-order valence-electron chi connectivity index (χ0n) is 4.87. The van der Waals surface area contributed by atoms with Gasteiger partial charge in [-0.1, -0.05) is 0 Å². The van der Waals surface area contributed by atoms with Gasteiger partial charge in [0.1, 0.15) is 0 Å². The molecule has 0 unspecified atom stereocenters. The van der Waals surface area contributed by atoms with E-state index < -0.39 is 20.6 Å². The quantitative estimate of drug-likeness (QED) is 0.474. The third-order valence-electron chi connectivity index (χ3n) is 1.24. The monoisotopic (exact) mass is 168 g/mol. The van der Waals surface area contributed by atoms with Crippen molar-refractivity contribution in [1.29, 1.82) is 0 Å². The van der Waals surface area contributed by atoms with Gasteiger partial charge in [0, 0.05) is 22.3 Å². The fourth-order valence-corrected chi connectivity index (χ4v) is 4.57. The summed E-state index contributed by atoms with van der Waals surface area (Å²) < 4.78 is 31.9. The van der Waals surface area contributed by atoms with Crippen LogP contribution >= 0.6 is 0 Å². The summed E-state index contributed by atoms with van der Waals surface area (Å²) in [6, 6.07) is 0. The van der Waals surface area contributed by atoms with Gasteiger partial charge in [-0.3, -0.25) is 4.21 Å². The second kappa shape index (κ2) is 2.38. The van der Waals surface area contributed by atoms with Gasteiger partial charge in [-0.05, 0) is 0 Å². The predicted octanol–water partition coefficient (Wildman–Crippen LogP) is -0.837. The van der Waals surface area contributed by atoms with E-state index in [9.17, 15) is 12.6 Å². The molecule has 1 aliphatic heterocycles. The highest BCUT2D eigenvalue weighted by molar-refractivity contribution is 7.96. The molecule has 0 atom stereocenters. The van der Waals surface area contributed by atoms with E-state index in [4.69, 9.17) is 0 Å². The van der Waals surface area contributed by atoms with E-state index in [-0.39, 0.29) is 11.5 Å². The minimum Gasteiger partial charge on any atom is -0.260 e. The van der Waals surface area contributed by atoms with Crippen LogP contribution in [0.25, 0.3) is 0 Å². The summed E-state index contributed by atoms with van der Waals surface area (Å²) in [5.41, 5.74) is 0. The molecule has 0 aromatic carbocycles. The summed E-state index contributed by atoms with van der Waals surface area (Å²) in [4.78, 5) is 0. The van der Waals surface area contributed by atoms with Crippen LogP contribution in [0.15, 0.2) is 0 Å². The van der Waals surface area contributed by atoms with E-state index in [1.165, 1.54) is 0 Å². The fourth-order valence-electron chi connectivity index (χ4n) is 0.644. The molecular weight excluding hydrogens is 160 g/mol. The summed E-state index contributed by atoms with van der Waals surface area (Å²) in [6.07, 6.45) is 0. The lowest BCUT2D eigenvalue weighted by Crippen LogP contribution is -2.27. The minimum absolute atomic E-state index is 0.111. The first-order valence-electron chi connectivity index (χ1n) is 2.65. The lowest BCUT2D eigenvalue weighted by Gasteiger charge is -2.08. The Labute approximate surface area is 56.8 Å². The number of sulfone groups is 1. The Kier molecular flexibility index (Phi) is 1.91. The highest BCUT2D eigenvalue weighted by atomic mass is 32.2. The van der Waals surface area contributed by atoms with Crippen molar-refractivity contribution < 1.29 is 12.6 Å². The zero-order chi connectivity index (χ0) is 6.91. The minimum atomic E-state index is -2.81. The van der Waals surface area contributed by atoms with Gasteiger partial charge in [0.25, 0.3) is 0 Å². The second-order valence-corrected chi connectivity index (χ2v) is 6.00. The van der Waals surface area contributed by atoms with Gasteiger partial charge in [-0.2, -0.15) is 0 Å². The lowest BCUT2D eigenvalue weighted by molar-refractivity contribution is 0.596. The van der Waals surface area contributed by atoms with Gasteiger partial charge in [0.15, 0.2) is 9.84 Å². The van der Waals surface area contributed by atoms with Crippen molar-refractivity contribution in [3.63, 3.8) is 0 Å². The first kappa shape index (κ1) is 7.21. The second-order valence-electron chi connectivity index (χ2n) is 2.00. The van der Waals surface area contributed by atoms with Crippen molar-refractivity contribution in [2.75, 3.05) is 23.0 Å². The molecule has 54 valence electrons. The van der Waals surface area contributed by atoms with Gasteiger partial charge >= 0.3 is 0 Å². The molecule has 1 rings (SSSR count). The highest BCUT2D eigenvalue weighted by Gasteiger charge is 2.19. The topological polar surface area (TPSA) is 51.2 Å². The molecule has 1 aliphatic rings. The van der Waals surface area contributed by atoms with Crippen LogP contribution in [0.2, 0.25) is 0 Å². The van der Waals surface area contributed by atoms with Crippen molar-refractivity contribution in [2.45, 2.75) is 0 Å². The Hall–Kier alpha value is 0.1000. The fraction of sp³-hybridized carbons (Fsp3) is 1.00. The smallest absolute Gasteiger partial charge is 0.152 e. The molecule has 0 N–H and O–H groups in total. The average molecular weight is 168 g/mol. The van der Waals surface area contributed by atoms with Crippen molar-refractivity contribution in [2.24, 2.45) is 0 Å². The summed E-state index contributed by atoms with van der Waals surface area (Å²) in [7, 11) is -3.67. The number of rotatable bonds is 0. The molecule has 0 bridgehead atoms. The Morgan fingerprint density at radius 1 is 1.11 bits per heavy atom. The molecule has 0 amide bonds. The normalized spacial score (nSPS) is 28.0.